The Labute approximate surface area is 155 Å². The van der Waals surface area contributed by atoms with Crippen molar-refractivity contribution >= 4 is 11.8 Å². The number of carbonyl (C=O) groups excluding carboxylic acids is 2. The highest BCUT2D eigenvalue weighted by atomic mass is 16.5. The number of primary amides is 2. The first-order chi connectivity index (χ1) is 12.3. The van der Waals surface area contributed by atoms with Crippen LogP contribution in [0.3, 0.4) is 0 Å². The van der Waals surface area contributed by atoms with Crippen molar-refractivity contribution in [2.75, 3.05) is 13.7 Å². The van der Waals surface area contributed by atoms with Crippen LogP contribution in [0.25, 0.3) is 0 Å². The number of fused-ring (bicyclic) bond motifs is 1. The fraction of sp³-hybridized carbons (Fsp3) is 0.600. The molecule has 5 N–H and O–H groups in total. The molecule has 144 valence electrons. The Bertz CT molecular complexity index is 658. The van der Waals surface area contributed by atoms with Crippen molar-refractivity contribution in [3.05, 3.63) is 34.9 Å². The first-order valence-electron chi connectivity index (χ1n) is 9.25. The molecule has 6 nitrogen and oxygen atoms in total. The normalized spacial score (nSPS) is 21.2. The van der Waals surface area contributed by atoms with Crippen LogP contribution in [0.5, 0.6) is 0 Å². The third kappa shape index (κ3) is 4.62. The Morgan fingerprint density at radius 2 is 1.96 bits per heavy atom. The maximum absolute atomic E-state index is 11.6. The summed E-state index contributed by atoms with van der Waals surface area (Å²) in [6, 6.07) is 5.82. The number of ether oxygens (including phenoxy) is 1. The molecule has 0 spiro atoms. The van der Waals surface area contributed by atoms with Gasteiger partial charge in [-0.1, -0.05) is 26.3 Å². The second-order valence-electron chi connectivity index (χ2n) is 7.64. The topological polar surface area (TPSA) is 107 Å². The molecule has 0 saturated carbocycles. The summed E-state index contributed by atoms with van der Waals surface area (Å²) in [5, 5.41) is 3.63. The van der Waals surface area contributed by atoms with Crippen LogP contribution in [-0.2, 0) is 21.4 Å². The predicted octanol–water partition coefficient (Wildman–Crippen LogP) is 1.64. The van der Waals surface area contributed by atoms with E-state index >= 15 is 0 Å². The highest BCUT2D eigenvalue weighted by molar-refractivity contribution is 5.93. The van der Waals surface area contributed by atoms with Crippen LogP contribution in [0, 0.1) is 0 Å². The highest BCUT2D eigenvalue weighted by Crippen LogP contribution is 2.38. The van der Waals surface area contributed by atoms with Crippen LogP contribution in [0.2, 0.25) is 0 Å². The molecule has 2 atom stereocenters. The summed E-state index contributed by atoms with van der Waals surface area (Å²) in [5.74, 6) is -0.649. The summed E-state index contributed by atoms with van der Waals surface area (Å²) in [4.78, 5) is 22.4. The van der Waals surface area contributed by atoms with E-state index < -0.39 is 5.91 Å². The SMILES string of the molecule is COC1Cc2ccc(C(N)=O)cc2C(C)(C)C1NCCCCCC(N)=O. The van der Waals surface area contributed by atoms with Gasteiger partial charge in [-0.25, -0.2) is 0 Å². The molecule has 0 aliphatic heterocycles. The Morgan fingerprint density at radius 1 is 1.23 bits per heavy atom. The van der Waals surface area contributed by atoms with Crippen LogP contribution in [0.1, 0.15) is 61.0 Å². The van der Waals surface area contributed by atoms with Crippen LogP contribution in [0.4, 0.5) is 0 Å². The van der Waals surface area contributed by atoms with Gasteiger partial charge in [0.2, 0.25) is 11.8 Å². The lowest BCUT2D eigenvalue weighted by Gasteiger charge is -2.45. The van der Waals surface area contributed by atoms with Crippen LogP contribution in [0.15, 0.2) is 18.2 Å². The lowest BCUT2D eigenvalue weighted by Crippen LogP contribution is -2.57. The van der Waals surface area contributed by atoms with E-state index in [2.05, 4.69) is 19.2 Å². The fourth-order valence-electron chi connectivity index (χ4n) is 3.94. The van der Waals surface area contributed by atoms with E-state index in [1.165, 1.54) is 5.56 Å². The van der Waals surface area contributed by atoms with E-state index in [9.17, 15) is 9.59 Å². The maximum Gasteiger partial charge on any atom is 0.248 e. The zero-order chi connectivity index (χ0) is 19.3. The van der Waals surface area contributed by atoms with Gasteiger partial charge in [0.05, 0.1) is 6.10 Å². The van der Waals surface area contributed by atoms with Crippen molar-refractivity contribution in [3.63, 3.8) is 0 Å². The Hall–Kier alpha value is -1.92. The molecule has 0 heterocycles. The second-order valence-corrected chi connectivity index (χ2v) is 7.64. The average Bonchev–Trinajstić information content (AvgIpc) is 2.58. The van der Waals surface area contributed by atoms with E-state index in [1.54, 1.807) is 13.2 Å². The van der Waals surface area contributed by atoms with Gasteiger partial charge in [-0.2, -0.15) is 0 Å². The van der Waals surface area contributed by atoms with E-state index in [4.69, 9.17) is 16.2 Å². The minimum absolute atomic E-state index is 0.0579. The molecule has 0 bridgehead atoms. The Kier molecular flexibility index (Phi) is 6.78. The smallest absolute Gasteiger partial charge is 0.248 e. The van der Waals surface area contributed by atoms with Crippen LogP contribution < -0.4 is 16.8 Å². The van der Waals surface area contributed by atoms with Crippen LogP contribution in [-0.4, -0.2) is 37.6 Å². The van der Waals surface area contributed by atoms with E-state index in [1.807, 2.05) is 12.1 Å². The molecule has 2 unspecified atom stereocenters. The lowest BCUT2D eigenvalue weighted by atomic mass is 9.67. The van der Waals surface area contributed by atoms with Gasteiger partial charge in [0, 0.05) is 37.0 Å². The van der Waals surface area contributed by atoms with Gasteiger partial charge >= 0.3 is 0 Å². The Morgan fingerprint density at radius 3 is 2.58 bits per heavy atom. The molecule has 0 radical (unpaired) electrons. The van der Waals surface area contributed by atoms with Gasteiger partial charge in [0.15, 0.2) is 0 Å². The number of benzene rings is 1. The Balaban J connectivity index is 2.09. The number of unbranched alkanes of at least 4 members (excludes halogenated alkanes) is 2. The van der Waals surface area contributed by atoms with Gasteiger partial charge in [0.25, 0.3) is 0 Å². The van der Waals surface area contributed by atoms with Gasteiger partial charge in [-0.15, -0.1) is 0 Å². The van der Waals surface area contributed by atoms with Crippen molar-refractivity contribution in [2.24, 2.45) is 11.5 Å². The van der Waals surface area contributed by atoms with Crippen LogP contribution >= 0.6 is 0 Å². The monoisotopic (exact) mass is 361 g/mol. The van der Waals surface area contributed by atoms with Gasteiger partial charge in [-0.05, 0) is 42.6 Å². The summed E-state index contributed by atoms with van der Waals surface area (Å²) in [6.45, 7) is 5.19. The van der Waals surface area contributed by atoms with E-state index in [-0.39, 0.29) is 23.5 Å². The lowest BCUT2D eigenvalue weighted by molar-refractivity contribution is -0.118. The van der Waals surface area contributed by atoms with Gasteiger partial charge in [0.1, 0.15) is 0 Å². The number of hydrogen-bond acceptors (Lipinski definition) is 4. The minimum atomic E-state index is -0.406. The van der Waals surface area contributed by atoms with E-state index in [0.29, 0.717) is 12.0 Å². The molecule has 0 fully saturated rings. The fourth-order valence-corrected chi connectivity index (χ4v) is 3.94. The third-order valence-corrected chi connectivity index (χ3v) is 5.43. The number of nitrogens with one attached hydrogen (secondary N) is 1. The summed E-state index contributed by atoms with van der Waals surface area (Å²) in [6.07, 6.45) is 4.06. The first-order valence-corrected chi connectivity index (χ1v) is 9.25. The summed E-state index contributed by atoms with van der Waals surface area (Å²) < 4.78 is 5.77. The second kappa shape index (κ2) is 8.64. The van der Waals surface area contributed by atoms with Gasteiger partial charge < -0.3 is 21.5 Å². The van der Waals surface area contributed by atoms with Crippen molar-refractivity contribution in [3.8, 4) is 0 Å². The minimum Gasteiger partial charge on any atom is -0.379 e. The largest absolute Gasteiger partial charge is 0.379 e. The highest BCUT2D eigenvalue weighted by Gasteiger charge is 2.42. The molecule has 2 rings (SSSR count). The molecule has 1 aromatic rings. The average molecular weight is 361 g/mol. The summed E-state index contributed by atoms with van der Waals surface area (Å²) >= 11 is 0. The summed E-state index contributed by atoms with van der Waals surface area (Å²) in [5.41, 5.74) is 13.3. The molecule has 6 heteroatoms. The third-order valence-electron chi connectivity index (χ3n) is 5.43. The molecule has 0 saturated heterocycles. The van der Waals surface area contributed by atoms with Crippen molar-refractivity contribution in [2.45, 2.75) is 63.5 Å². The molecule has 0 aromatic heterocycles. The van der Waals surface area contributed by atoms with Crippen molar-refractivity contribution in [1.82, 2.24) is 5.32 Å². The molecule has 1 aliphatic rings. The first kappa shape index (κ1) is 20.4. The molecule has 2 amide bonds. The predicted molar refractivity (Wildman–Crippen MR) is 102 cm³/mol. The number of carbonyl (C=O) groups is 2. The number of nitrogens with two attached hydrogens (primary N) is 2. The maximum atomic E-state index is 11.6. The molecular formula is C20H31N3O3. The van der Waals surface area contributed by atoms with Crippen molar-refractivity contribution < 1.29 is 14.3 Å². The zero-order valence-electron chi connectivity index (χ0n) is 16.0. The van der Waals surface area contributed by atoms with Crippen molar-refractivity contribution in [1.29, 1.82) is 0 Å². The number of amides is 2. The number of methoxy groups -OCH3 is 1. The van der Waals surface area contributed by atoms with E-state index in [0.717, 1.165) is 37.8 Å². The number of hydrogen-bond donors (Lipinski definition) is 3. The molecule has 1 aromatic carbocycles. The zero-order valence-corrected chi connectivity index (χ0v) is 16.0. The number of rotatable bonds is 9. The molecule has 26 heavy (non-hydrogen) atoms. The summed E-state index contributed by atoms with van der Waals surface area (Å²) in [7, 11) is 1.74. The molecule has 1 aliphatic carbocycles. The molecular weight excluding hydrogens is 330 g/mol. The quantitative estimate of drug-likeness (QED) is 0.581. The van der Waals surface area contributed by atoms with Gasteiger partial charge in [-0.3, -0.25) is 9.59 Å². The standard InChI is InChI=1S/C20H31N3O3/c1-20(2)15-11-14(19(22)25)9-8-13(15)12-16(26-3)18(20)23-10-6-4-5-7-17(21)24/h8-9,11,16,18,23H,4-7,10,12H2,1-3H3,(H2,21,24)(H2,22,25).